The number of nitrogens with zero attached hydrogens (tertiary/aromatic N) is 9. The van der Waals surface area contributed by atoms with Crippen molar-refractivity contribution in [1.82, 2.24) is 45.4 Å². The molecule has 3 fully saturated rings. The van der Waals surface area contributed by atoms with Crippen LogP contribution < -0.4 is 26.6 Å². The number of aromatic nitrogens is 3. The van der Waals surface area contributed by atoms with Gasteiger partial charge in [-0.1, -0.05) is 25.7 Å². The zero-order valence-electron chi connectivity index (χ0n) is 46.4. The highest BCUT2D eigenvalue weighted by Gasteiger charge is 2.43. The fourth-order valence-electron chi connectivity index (χ4n) is 12.0. The number of nitriles is 1. The van der Waals surface area contributed by atoms with E-state index >= 15 is 0 Å². The summed E-state index contributed by atoms with van der Waals surface area (Å²) in [5.41, 5.74) is 10.3. The smallest absolute Gasteiger partial charge is 0.254 e. The molecular weight excluding hydrogens is 1060 g/mol. The van der Waals surface area contributed by atoms with Crippen LogP contribution >= 0.6 is 11.8 Å². The number of hydrogen-bond acceptors (Lipinski definition) is 14. The minimum atomic E-state index is -0.785. The minimum absolute atomic E-state index is 0.0589. The Balaban J connectivity index is 0.706. The van der Waals surface area contributed by atoms with Crippen molar-refractivity contribution < 1.29 is 37.5 Å². The number of rotatable bonds is 20. The maximum absolute atomic E-state index is 14.7. The highest BCUT2D eigenvalue weighted by atomic mass is 32.2. The van der Waals surface area contributed by atoms with E-state index in [9.17, 15) is 42.8 Å². The molecule has 0 radical (unpaired) electrons. The third kappa shape index (κ3) is 13.4. The van der Waals surface area contributed by atoms with Crippen LogP contribution in [0.4, 0.5) is 20.3 Å². The molecule has 5 aliphatic heterocycles. The number of anilines is 2. The number of unbranched alkanes of at least 4 members (excludes halogenated alkanes) is 5. The second-order valence-corrected chi connectivity index (χ2v) is 23.0. The Morgan fingerprint density at radius 3 is 2.33 bits per heavy atom. The van der Waals surface area contributed by atoms with Gasteiger partial charge in [0, 0.05) is 86.8 Å². The van der Waals surface area contributed by atoms with Crippen LogP contribution in [0.15, 0.2) is 59.7 Å². The fraction of sp³-hybridized carbons (Fsp3) is 0.525. The molecule has 9 rings (SSSR count). The maximum Gasteiger partial charge on any atom is 0.254 e. The zero-order chi connectivity index (χ0) is 57.3. The Morgan fingerprint density at radius 1 is 0.889 bits per heavy atom. The molecule has 2 aromatic heterocycles. The summed E-state index contributed by atoms with van der Waals surface area (Å²) < 4.78 is 29.8. The predicted octanol–water partition coefficient (Wildman–Crippen LogP) is 6.56. The number of nitrogens with one attached hydrogen (secondary N) is 3. The first-order valence-electron chi connectivity index (χ1n) is 28.5. The number of piperidine rings is 1. The number of nitrogen functional groups attached to an aromatic ring is 1. The fourth-order valence-corrected chi connectivity index (χ4v) is 13.2. The van der Waals surface area contributed by atoms with E-state index in [0.717, 1.165) is 50.0 Å². The molecule has 0 spiro atoms. The van der Waals surface area contributed by atoms with Crippen LogP contribution in [-0.4, -0.2) is 147 Å². The van der Waals surface area contributed by atoms with Crippen LogP contribution in [0, 0.1) is 28.9 Å². The van der Waals surface area contributed by atoms with Crippen molar-refractivity contribution in [2.75, 3.05) is 63.2 Å². The summed E-state index contributed by atoms with van der Waals surface area (Å²) in [5.74, 6) is -1.30. The molecule has 7 heterocycles. The van der Waals surface area contributed by atoms with Crippen LogP contribution in [0.1, 0.15) is 141 Å². The van der Waals surface area contributed by atoms with Gasteiger partial charge in [0.1, 0.15) is 41.3 Å². The summed E-state index contributed by atoms with van der Waals surface area (Å²) in [6, 6.07) is 11.3. The largest absolute Gasteiger partial charge is 0.382 e. The molecule has 0 aliphatic carbocycles. The Labute approximate surface area is 475 Å². The number of benzene rings is 2. The van der Waals surface area contributed by atoms with Gasteiger partial charge in [-0.05, 0) is 125 Å². The lowest BCUT2D eigenvalue weighted by atomic mass is 9.87. The molecule has 19 nitrogen and oxygen atoms in total. The lowest BCUT2D eigenvalue weighted by Gasteiger charge is -2.38. The van der Waals surface area contributed by atoms with Crippen LogP contribution in [0.3, 0.4) is 0 Å². The van der Waals surface area contributed by atoms with Crippen molar-refractivity contribution in [2.45, 2.75) is 140 Å². The van der Waals surface area contributed by atoms with E-state index in [1.165, 1.54) is 59.1 Å². The Hall–Kier alpha value is -7.25. The minimum Gasteiger partial charge on any atom is -0.382 e. The number of pyridine rings is 1. The lowest BCUT2D eigenvalue weighted by molar-refractivity contribution is -0.139. The topological polar surface area (TPSA) is 244 Å². The number of amides is 5. The number of Topliss-reactive ketones (excluding diaryl/α,β-unsaturated/α-hetero) is 1. The van der Waals surface area contributed by atoms with Gasteiger partial charge in [0.25, 0.3) is 5.91 Å². The van der Waals surface area contributed by atoms with Crippen molar-refractivity contribution in [3.8, 4) is 17.2 Å². The number of carbonyl (C=O) groups excluding carboxylic acids is 6. The molecule has 22 heteroatoms. The first-order valence-corrected chi connectivity index (χ1v) is 29.5. The van der Waals surface area contributed by atoms with Crippen LogP contribution in [0.25, 0.3) is 11.1 Å². The van der Waals surface area contributed by atoms with Gasteiger partial charge in [0.05, 0.1) is 47.6 Å². The second-order valence-electron chi connectivity index (χ2n) is 21.9. The van der Waals surface area contributed by atoms with Crippen LogP contribution in [-0.2, 0) is 32.3 Å². The van der Waals surface area contributed by atoms with E-state index in [1.54, 1.807) is 36.8 Å². The Kier molecular flexibility index (Phi) is 19.2. The number of hydrogen-bond donors (Lipinski definition) is 4. The summed E-state index contributed by atoms with van der Waals surface area (Å²) in [7, 11) is 3.35. The van der Waals surface area contributed by atoms with E-state index in [2.05, 4.69) is 31.9 Å². The zero-order valence-corrected chi connectivity index (χ0v) is 47.2. The first kappa shape index (κ1) is 58.4. The molecule has 81 heavy (non-hydrogen) atoms. The van der Waals surface area contributed by atoms with Crippen molar-refractivity contribution in [3.05, 3.63) is 94.4 Å². The van der Waals surface area contributed by atoms with Gasteiger partial charge < -0.3 is 41.3 Å². The normalized spacial score (nSPS) is 19.8. The number of likely N-dealkylation sites (N-methyl/N-ethyl adjacent to an activating group) is 1. The molecule has 2 aromatic carbocycles. The summed E-state index contributed by atoms with van der Waals surface area (Å²) in [6.45, 7) is 4.32. The Bertz CT molecular complexity index is 3070. The van der Waals surface area contributed by atoms with E-state index in [-0.39, 0.29) is 84.5 Å². The number of ketones is 1. The molecule has 5 aliphatic rings. The van der Waals surface area contributed by atoms with E-state index in [1.807, 2.05) is 11.0 Å². The number of halogens is 2. The predicted molar refractivity (Wildman–Crippen MR) is 305 cm³/mol. The van der Waals surface area contributed by atoms with Gasteiger partial charge in [0.15, 0.2) is 5.78 Å². The van der Waals surface area contributed by atoms with Crippen molar-refractivity contribution in [3.63, 3.8) is 0 Å². The summed E-state index contributed by atoms with van der Waals surface area (Å²) in [4.78, 5) is 98.0. The van der Waals surface area contributed by atoms with Crippen molar-refractivity contribution >= 4 is 63.6 Å². The van der Waals surface area contributed by atoms with Crippen molar-refractivity contribution in [1.29, 1.82) is 5.26 Å². The van der Waals surface area contributed by atoms with Gasteiger partial charge in [-0.2, -0.15) is 10.4 Å². The quantitative estimate of drug-likeness (QED) is 0.0542. The number of carbonyl (C=O) groups is 6. The number of likely N-dealkylation sites (tertiary alicyclic amines) is 2. The third-order valence-electron chi connectivity index (χ3n) is 16.6. The molecule has 1 unspecified atom stereocenters. The average Bonchev–Trinajstić information content (AvgIpc) is 4.36. The number of thioether (sulfide) groups is 1. The molecule has 430 valence electrons. The van der Waals surface area contributed by atoms with Gasteiger partial charge in [-0.25, -0.2) is 13.8 Å². The molecule has 2 bridgehead atoms. The SMILES string of the molecule is CN[C@H](C)C(=O)N[C@@H](C(=O)N1CCC[C@@H]1C1=NC(C(=O)c2ccc(F)cc2)CS1)C1CCN(C(=O)CCCCCCCCC(=O)NCCn2nc3c(c2C#N)-c2cnc(N)c(c2)N2CCC[C@@H]2c2cc(F)ccc2C(=O)N(C)C3)CC1. The number of aliphatic imine (C=N–C) groups is 1. The molecule has 0 saturated carbocycles. The molecule has 5 amide bonds. The van der Waals surface area contributed by atoms with Crippen molar-refractivity contribution in [2.24, 2.45) is 10.9 Å². The maximum atomic E-state index is 14.7. The van der Waals surface area contributed by atoms with Gasteiger partial charge in [-0.15, -0.1) is 11.8 Å². The van der Waals surface area contributed by atoms with E-state index in [0.29, 0.717) is 116 Å². The van der Waals surface area contributed by atoms with E-state index < -0.39 is 29.8 Å². The highest BCUT2D eigenvalue weighted by molar-refractivity contribution is 8.14. The Morgan fingerprint density at radius 2 is 1.59 bits per heavy atom. The number of fused-ring (bicyclic) bond motifs is 8. The number of nitrogens with two attached hydrogens (primary N) is 1. The monoisotopic (exact) mass is 1130 g/mol. The van der Waals surface area contributed by atoms with Gasteiger partial charge in [0.2, 0.25) is 23.6 Å². The lowest BCUT2D eigenvalue weighted by Crippen LogP contribution is -2.58. The standard InChI is InChI=1S/C59H73F2N13O6S/c1-36(64-2)56(78)68-53(59(80)73-26-11-13-47(73)57-67-45(35-81-57)54(77)38-16-18-40(60)19-17-38)37-22-27-71(28-23-37)51(76)15-9-7-5-4-6-8-14-50(75)65-24-29-74-49(32-62)52-39-30-48(55(63)66-33-39)72-25-10-12-46(72)43-31-41(61)20-21-42(43)58(79)70(3)34-44(52)69-74/h16-21,30-31,33,36-37,45-47,53,64H,4-15,22-29,34-35H2,1-3H3,(H2,63,66)(H,65,75)(H,68,78)/t36-,45?,46-,47-,53-/m1/s1. The summed E-state index contributed by atoms with van der Waals surface area (Å²) in [6.07, 6.45) is 11.4. The molecule has 5 atom stereocenters. The van der Waals surface area contributed by atoms with Crippen LogP contribution in [0.5, 0.6) is 0 Å². The van der Waals surface area contributed by atoms with Crippen LogP contribution in [0.2, 0.25) is 0 Å². The van der Waals surface area contributed by atoms with Gasteiger partial charge in [-0.3, -0.25) is 38.4 Å². The van der Waals surface area contributed by atoms with Gasteiger partial charge >= 0.3 is 0 Å². The molecule has 3 saturated heterocycles. The third-order valence-corrected chi connectivity index (χ3v) is 17.7. The summed E-state index contributed by atoms with van der Waals surface area (Å²) in [5, 5.41) is 25.1. The molecule has 4 aromatic rings. The second kappa shape index (κ2) is 26.6. The average molecular weight is 1130 g/mol. The molecule has 5 N–H and O–H groups in total. The van der Waals surface area contributed by atoms with E-state index in [4.69, 9.17) is 15.8 Å². The first-order chi connectivity index (χ1) is 39.1. The molecular formula is C59H73F2N13O6S. The highest BCUT2D eigenvalue weighted by Crippen LogP contribution is 2.43. The summed E-state index contributed by atoms with van der Waals surface area (Å²) >= 11 is 1.47.